The molecule has 0 saturated heterocycles. The van der Waals surface area contributed by atoms with Gasteiger partial charge in [-0.2, -0.15) is 0 Å². The van der Waals surface area contributed by atoms with Crippen LogP contribution >= 0.6 is 11.3 Å². The Balaban J connectivity index is 2.17. The van der Waals surface area contributed by atoms with Crippen LogP contribution in [0.5, 0.6) is 0 Å². The van der Waals surface area contributed by atoms with Gasteiger partial charge < -0.3 is 5.32 Å². The first-order valence-electron chi connectivity index (χ1n) is 7.28. The van der Waals surface area contributed by atoms with E-state index in [0.29, 0.717) is 0 Å². The molecule has 0 aliphatic carbocycles. The lowest BCUT2D eigenvalue weighted by Gasteiger charge is -2.26. The maximum atomic E-state index is 12.5. The van der Waals surface area contributed by atoms with Crippen LogP contribution < -0.4 is 5.32 Å². The standard InChI is InChI=1S/C17H22N2OS/c1-5-9-14-18-12(2)15(21-14)16(20)19-17(3,4)13-10-7-6-8-11-13/h6-8,10-11H,5,9H2,1-4H3,(H,19,20). The number of rotatable bonds is 5. The topological polar surface area (TPSA) is 42.0 Å². The fourth-order valence-corrected chi connectivity index (χ4v) is 3.31. The molecule has 2 rings (SSSR count). The number of aromatic nitrogens is 1. The molecule has 0 aliphatic heterocycles. The van der Waals surface area contributed by atoms with E-state index in [0.717, 1.165) is 34.0 Å². The minimum Gasteiger partial charge on any atom is -0.342 e. The van der Waals surface area contributed by atoms with Crippen molar-refractivity contribution in [1.82, 2.24) is 10.3 Å². The summed E-state index contributed by atoms with van der Waals surface area (Å²) in [5.41, 5.74) is 1.51. The third kappa shape index (κ3) is 3.70. The highest BCUT2D eigenvalue weighted by molar-refractivity contribution is 7.13. The lowest BCUT2D eigenvalue weighted by atomic mass is 9.94. The van der Waals surface area contributed by atoms with Gasteiger partial charge in [0.2, 0.25) is 0 Å². The summed E-state index contributed by atoms with van der Waals surface area (Å²) in [6, 6.07) is 10.0. The van der Waals surface area contributed by atoms with E-state index in [1.807, 2.05) is 51.1 Å². The van der Waals surface area contributed by atoms with Crippen LogP contribution in [-0.4, -0.2) is 10.9 Å². The number of benzene rings is 1. The number of carbonyl (C=O) groups is 1. The summed E-state index contributed by atoms with van der Waals surface area (Å²) in [4.78, 5) is 17.7. The van der Waals surface area contributed by atoms with Crippen LogP contribution in [0.2, 0.25) is 0 Å². The Morgan fingerprint density at radius 2 is 1.95 bits per heavy atom. The largest absolute Gasteiger partial charge is 0.342 e. The summed E-state index contributed by atoms with van der Waals surface area (Å²) < 4.78 is 0. The Hall–Kier alpha value is -1.68. The summed E-state index contributed by atoms with van der Waals surface area (Å²) in [5, 5.41) is 4.16. The van der Waals surface area contributed by atoms with E-state index in [-0.39, 0.29) is 5.91 Å². The lowest BCUT2D eigenvalue weighted by molar-refractivity contribution is 0.0915. The van der Waals surface area contributed by atoms with E-state index in [1.54, 1.807) is 0 Å². The minimum absolute atomic E-state index is 0.0405. The van der Waals surface area contributed by atoms with Crippen LogP contribution in [0.15, 0.2) is 30.3 Å². The molecule has 1 aromatic carbocycles. The number of aryl methyl sites for hydroxylation is 2. The van der Waals surface area contributed by atoms with Gasteiger partial charge in [0.15, 0.2) is 0 Å². The maximum absolute atomic E-state index is 12.5. The summed E-state index contributed by atoms with van der Waals surface area (Å²) in [5.74, 6) is -0.0405. The molecule has 0 radical (unpaired) electrons. The van der Waals surface area contributed by atoms with Crippen LogP contribution in [0, 0.1) is 6.92 Å². The first kappa shape index (κ1) is 15.7. The fourth-order valence-electron chi connectivity index (χ4n) is 2.25. The number of thiazole rings is 1. The monoisotopic (exact) mass is 302 g/mol. The highest BCUT2D eigenvalue weighted by Crippen LogP contribution is 2.23. The molecule has 1 amide bonds. The highest BCUT2D eigenvalue weighted by atomic mass is 32.1. The molecular weight excluding hydrogens is 280 g/mol. The zero-order chi connectivity index (χ0) is 15.5. The Bertz CT molecular complexity index is 617. The molecule has 0 spiro atoms. The summed E-state index contributed by atoms with van der Waals surface area (Å²) in [6.07, 6.45) is 1.98. The lowest BCUT2D eigenvalue weighted by Crippen LogP contribution is -2.40. The van der Waals surface area contributed by atoms with E-state index in [1.165, 1.54) is 11.3 Å². The third-order valence-corrected chi connectivity index (χ3v) is 4.65. The van der Waals surface area contributed by atoms with Crippen molar-refractivity contribution in [2.24, 2.45) is 0 Å². The molecule has 0 aliphatic rings. The second kappa shape index (κ2) is 6.39. The Kier molecular flexibility index (Phi) is 4.78. The Morgan fingerprint density at radius 3 is 2.57 bits per heavy atom. The van der Waals surface area contributed by atoms with Gasteiger partial charge in [-0.15, -0.1) is 11.3 Å². The third-order valence-electron chi connectivity index (χ3n) is 3.43. The molecule has 0 atom stereocenters. The van der Waals surface area contributed by atoms with Crippen molar-refractivity contribution < 1.29 is 4.79 Å². The zero-order valence-electron chi connectivity index (χ0n) is 13.1. The average Bonchev–Trinajstić information content (AvgIpc) is 2.81. The van der Waals surface area contributed by atoms with Crippen molar-refractivity contribution >= 4 is 17.2 Å². The number of nitrogens with one attached hydrogen (secondary N) is 1. The number of hydrogen-bond acceptors (Lipinski definition) is 3. The summed E-state index contributed by atoms with van der Waals surface area (Å²) >= 11 is 1.50. The molecule has 21 heavy (non-hydrogen) atoms. The highest BCUT2D eigenvalue weighted by Gasteiger charge is 2.25. The van der Waals surface area contributed by atoms with Crippen LogP contribution in [-0.2, 0) is 12.0 Å². The Labute approximate surface area is 130 Å². The second-order valence-electron chi connectivity index (χ2n) is 5.72. The van der Waals surface area contributed by atoms with Crippen LogP contribution in [0.4, 0.5) is 0 Å². The molecule has 1 aromatic heterocycles. The molecule has 112 valence electrons. The van der Waals surface area contributed by atoms with E-state index in [4.69, 9.17) is 0 Å². The summed E-state index contributed by atoms with van der Waals surface area (Å²) in [7, 11) is 0. The molecule has 1 N–H and O–H groups in total. The quantitative estimate of drug-likeness (QED) is 0.904. The van der Waals surface area contributed by atoms with Crippen LogP contribution in [0.3, 0.4) is 0 Å². The minimum atomic E-state index is -0.403. The van der Waals surface area contributed by atoms with Crippen molar-refractivity contribution in [3.63, 3.8) is 0 Å². The molecule has 0 fully saturated rings. The number of carbonyl (C=O) groups excluding carboxylic acids is 1. The van der Waals surface area contributed by atoms with Gasteiger partial charge in [-0.1, -0.05) is 37.3 Å². The number of hydrogen-bond donors (Lipinski definition) is 1. The van der Waals surface area contributed by atoms with Crippen LogP contribution in [0.1, 0.15) is 53.1 Å². The molecule has 3 nitrogen and oxygen atoms in total. The first-order valence-corrected chi connectivity index (χ1v) is 8.10. The smallest absolute Gasteiger partial charge is 0.263 e. The number of amides is 1. The van der Waals surface area contributed by atoms with Crippen molar-refractivity contribution in [2.75, 3.05) is 0 Å². The average molecular weight is 302 g/mol. The van der Waals surface area contributed by atoms with Crippen molar-refractivity contribution in [1.29, 1.82) is 0 Å². The van der Waals surface area contributed by atoms with E-state index < -0.39 is 5.54 Å². The molecular formula is C17H22N2OS. The van der Waals surface area contributed by atoms with Gasteiger partial charge in [0.05, 0.1) is 16.2 Å². The van der Waals surface area contributed by atoms with E-state index >= 15 is 0 Å². The molecule has 2 aromatic rings. The molecule has 1 heterocycles. The fraction of sp³-hybridized carbons (Fsp3) is 0.412. The van der Waals surface area contributed by atoms with Crippen molar-refractivity contribution in [3.8, 4) is 0 Å². The van der Waals surface area contributed by atoms with Gasteiger partial charge in [-0.05, 0) is 39.2 Å². The first-order chi connectivity index (χ1) is 9.94. The van der Waals surface area contributed by atoms with Gasteiger partial charge in [0, 0.05) is 0 Å². The molecule has 0 bridgehead atoms. The zero-order valence-corrected chi connectivity index (χ0v) is 13.9. The summed E-state index contributed by atoms with van der Waals surface area (Å²) in [6.45, 7) is 8.06. The van der Waals surface area contributed by atoms with Gasteiger partial charge in [0.25, 0.3) is 5.91 Å². The van der Waals surface area contributed by atoms with Gasteiger partial charge >= 0.3 is 0 Å². The van der Waals surface area contributed by atoms with Crippen molar-refractivity contribution in [3.05, 3.63) is 51.5 Å². The maximum Gasteiger partial charge on any atom is 0.263 e. The van der Waals surface area contributed by atoms with Crippen LogP contribution in [0.25, 0.3) is 0 Å². The second-order valence-corrected chi connectivity index (χ2v) is 6.80. The molecule has 4 heteroatoms. The SMILES string of the molecule is CCCc1nc(C)c(C(=O)NC(C)(C)c2ccccc2)s1. The van der Waals surface area contributed by atoms with E-state index in [9.17, 15) is 4.79 Å². The molecule has 0 saturated carbocycles. The predicted molar refractivity (Wildman–Crippen MR) is 87.8 cm³/mol. The molecule has 0 unspecified atom stereocenters. The van der Waals surface area contributed by atoms with Gasteiger partial charge in [-0.3, -0.25) is 4.79 Å². The van der Waals surface area contributed by atoms with E-state index in [2.05, 4.69) is 17.2 Å². The van der Waals surface area contributed by atoms with Gasteiger partial charge in [-0.25, -0.2) is 4.98 Å². The number of nitrogens with zero attached hydrogens (tertiary/aromatic N) is 1. The Morgan fingerprint density at radius 1 is 1.29 bits per heavy atom. The normalized spacial score (nSPS) is 11.4. The van der Waals surface area contributed by atoms with Crippen molar-refractivity contribution in [2.45, 2.75) is 46.1 Å². The predicted octanol–water partition coefficient (Wildman–Crippen LogP) is 4.07. The van der Waals surface area contributed by atoms with Gasteiger partial charge in [0.1, 0.15) is 4.88 Å².